The summed E-state index contributed by atoms with van der Waals surface area (Å²) < 4.78 is 16.0. The maximum atomic E-state index is 12.9. The van der Waals surface area contributed by atoms with E-state index >= 15 is 0 Å². The first-order chi connectivity index (χ1) is 13.6. The molecule has 4 rings (SSSR count). The molecule has 146 valence electrons. The molecule has 0 amide bonds. The van der Waals surface area contributed by atoms with Crippen molar-refractivity contribution in [3.63, 3.8) is 0 Å². The summed E-state index contributed by atoms with van der Waals surface area (Å²) in [5.74, 6) is 1.61. The maximum absolute atomic E-state index is 12.9. The zero-order valence-corrected chi connectivity index (χ0v) is 18.6. The molecule has 5 nitrogen and oxygen atoms in total. The minimum absolute atomic E-state index is 0.697. The van der Waals surface area contributed by atoms with Gasteiger partial charge in [0.2, 0.25) is 0 Å². The van der Waals surface area contributed by atoms with Crippen LogP contribution >= 0.6 is 22.7 Å². The van der Waals surface area contributed by atoms with Gasteiger partial charge in [0.15, 0.2) is 0 Å². The van der Waals surface area contributed by atoms with Crippen molar-refractivity contribution in [2.75, 3.05) is 5.75 Å². The predicted molar refractivity (Wildman–Crippen MR) is 119 cm³/mol. The topological polar surface area (TPSA) is 60.7 Å². The van der Waals surface area contributed by atoms with Gasteiger partial charge >= 0.3 is 0 Å². The summed E-state index contributed by atoms with van der Waals surface area (Å²) >= 11 is 3.12. The second kappa shape index (κ2) is 8.23. The first kappa shape index (κ1) is 19.4. The highest BCUT2D eigenvalue weighted by Gasteiger charge is 2.22. The van der Waals surface area contributed by atoms with Crippen molar-refractivity contribution in [1.82, 2.24) is 19.5 Å². The number of aromatic nitrogens is 4. The second-order valence-electron chi connectivity index (χ2n) is 6.53. The number of imidazole rings is 1. The van der Waals surface area contributed by atoms with Gasteiger partial charge in [-0.25, -0.2) is 15.0 Å². The Morgan fingerprint density at radius 2 is 2.07 bits per heavy atom. The molecule has 0 aliphatic heterocycles. The Balaban J connectivity index is 1.96. The molecule has 1 atom stereocenters. The summed E-state index contributed by atoms with van der Waals surface area (Å²) in [6.07, 6.45) is 7.62. The molecule has 0 bridgehead atoms. The molecule has 1 unspecified atom stereocenters. The monoisotopic (exact) mass is 430 g/mol. The lowest BCUT2D eigenvalue weighted by molar-refractivity contribution is 0.680. The lowest BCUT2D eigenvalue weighted by Gasteiger charge is -2.09. The van der Waals surface area contributed by atoms with E-state index in [1.807, 2.05) is 17.8 Å². The van der Waals surface area contributed by atoms with Crippen LogP contribution in [-0.2, 0) is 17.3 Å². The molecule has 8 heteroatoms. The van der Waals surface area contributed by atoms with E-state index in [4.69, 9.17) is 4.98 Å². The summed E-state index contributed by atoms with van der Waals surface area (Å²) in [7, 11) is -0.995. The normalized spacial score (nSPS) is 12.7. The number of aryl methyl sites for hydroxylation is 2. The van der Waals surface area contributed by atoms with Crippen molar-refractivity contribution in [2.24, 2.45) is 0 Å². The van der Waals surface area contributed by atoms with Crippen molar-refractivity contribution in [3.8, 4) is 22.1 Å². The second-order valence-corrected chi connectivity index (χ2v) is 10.2. The molecule has 4 heterocycles. The third-order valence-corrected chi connectivity index (χ3v) is 8.66. The molecule has 0 aromatic carbocycles. The van der Waals surface area contributed by atoms with E-state index in [0.29, 0.717) is 5.75 Å². The molecule has 0 aliphatic rings. The van der Waals surface area contributed by atoms with Gasteiger partial charge in [0, 0.05) is 47.2 Å². The van der Waals surface area contributed by atoms with Gasteiger partial charge in [-0.05, 0) is 31.9 Å². The van der Waals surface area contributed by atoms with Crippen molar-refractivity contribution in [3.05, 3.63) is 35.6 Å². The fourth-order valence-corrected chi connectivity index (χ4v) is 6.83. The number of hydrogen-bond acceptors (Lipinski definition) is 6. The van der Waals surface area contributed by atoms with Gasteiger partial charge in [-0.2, -0.15) is 0 Å². The summed E-state index contributed by atoms with van der Waals surface area (Å²) in [6.45, 7) is 7.13. The lowest BCUT2D eigenvalue weighted by Crippen LogP contribution is -1.99. The van der Waals surface area contributed by atoms with Crippen LogP contribution in [0, 0.1) is 6.92 Å². The molecule has 0 saturated carbocycles. The zero-order chi connectivity index (χ0) is 19.7. The molecule has 0 radical (unpaired) electrons. The number of unbranched alkanes of at least 4 members (excludes halogenated alkanes) is 1. The van der Waals surface area contributed by atoms with Gasteiger partial charge in [-0.15, -0.1) is 22.7 Å². The van der Waals surface area contributed by atoms with E-state index < -0.39 is 10.8 Å². The highest BCUT2D eigenvalue weighted by atomic mass is 32.2. The number of hydrogen-bond donors (Lipinski definition) is 0. The van der Waals surface area contributed by atoms with Crippen LogP contribution in [0.25, 0.3) is 32.3 Å². The number of pyridine rings is 1. The summed E-state index contributed by atoms with van der Waals surface area (Å²) in [4.78, 5) is 14.8. The number of nitrogens with zero attached hydrogens (tertiary/aromatic N) is 4. The number of fused-ring (bicyclic) bond motifs is 1. The maximum Gasteiger partial charge on any atom is 0.141 e. The molecule has 0 spiro atoms. The average molecular weight is 431 g/mol. The van der Waals surface area contributed by atoms with Crippen LogP contribution in [0.15, 0.2) is 34.2 Å². The third-order valence-electron chi connectivity index (χ3n) is 4.70. The Bertz CT molecular complexity index is 1130. The van der Waals surface area contributed by atoms with E-state index in [0.717, 1.165) is 61.5 Å². The summed E-state index contributed by atoms with van der Waals surface area (Å²) in [6, 6.07) is 2.08. The van der Waals surface area contributed by atoms with E-state index in [2.05, 4.69) is 41.4 Å². The van der Waals surface area contributed by atoms with Gasteiger partial charge in [-0.3, -0.25) is 4.21 Å². The smallest absolute Gasteiger partial charge is 0.141 e. The average Bonchev–Trinajstić information content (AvgIpc) is 3.45. The van der Waals surface area contributed by atoms with E-state index in [-0.39, 0.29) is 0 Å². The van der Waals surface area contributed by atoms with Gasteiger partial charge in [0.25, 0.3) is 0 Å². The van der Waals surface area contributed by atoms with Gasteiger partial charge in [0.1, 0.15) is 21.4 Å². The van der Waals surface area contributed by atoms with E-state index in [1.165, 1.54) is 0 Å². The quantitative estimate of drug-likeness (QED) is 0.387. The van der Waals surface area contributed by atoms with Gasteiger partial charge in [-0.1, -0.05) is 13.3 Å². The number of thiophene rings is 1. The van der Waals surface area contributed by atoms with Crippen LogP contribution in [0.2, 0.25) is 0 Å². The van der Waals surface area contributed by atoms with Crippen LogP contribution < -0.4 is 0 Å². The Morgan fingerprint density at radius 3 is 2.79 bits per heavy atom. The Morgan fingerprint density at radius 1 is 1.21 bits per heavy atom. The first-order valence-electron chi connectivity index (χ1n) is 9.37. The fraction of sp³-hybridized carbons (Fsp3) is 0.350. The fourth-order valence-electron chi connectivity index (χ4n) is 3.25. The molecule has 28 heavy (non-hydrogen) atoms. The zero-order valence-electron chi connectivity index (χ0n) is 16.1. The minimum Gasteiger partial charge on any atom is -0.331 e. The molecule has 0 N–H and O–H groups in total. The number of rotatable bonds is 7. The SMILES string of the molecule is CCCCS(=O)c1sc2nc(-c3nccs3)cc(-c3nccn3CC)c2c1C. The minimum atomic E-state index is -0.995. The molecule has 4 aromatic rings. The molecular weight excluding hydrogens is 408 g/mol. The summed E-state index contributed by atoms with van der Waals surface area (Å²) in [5.41, 5.74) is 2.94. The Kier molecular flexibility index (Phi) is 5.70. The van der Waals surface area contributed by atoms with Crippen LogP contribution in [0.4, 0.5) is 0 Å². The van der Waals surface area contributed by atoms with Crippen molar-refractivity contribution in [2.45, 2.75) is 44.4 Å². The van der Waals surface area contributed by atoms with Crippen molar-refractivity contribution < 1.29 is 4.21 Å². The standard InChI is InChI=1S/C20H22N4OS3/c1-4-6-11-28(25)20-13(3)16-14(17-21-7-9-24(17)5-2)12-15(23-19(16)27-20)18-22-8-10-26-18/h7-10,12H,4-6,11H2,1-3H3. The number of thiazole rings is 1. The van der Waals surface area contributed by atoms with E-state index in [9.17, 15) is 4.21 Å². The summed E-state index contributed by atoms with van der Waals surface area (Å²) in [5, 5.41) is 3.90. The third kappa shape index (κ3) is 3.44. The van der Waals surface area contributed by atoms with Crippen LogP contribution in [0.3, 0.4) is 0 Å². The van der Waals surface area contributed by atoms with Crippen molar-refractivity contribution >= 4 is 43.7 Å². The van der Waals surface area contributed by atoms with Crippen LogP contribution in [-0.4, -0.2) is 29.5 Å². The van der Waals surface area contributed by atoms with Gasteiger partial charge in [0.05, 0.1) is 15.0 Å². The Hall–Kier alpha value is -1.90. The lowest BCUT2D eigenvalue weighted by atomic mass is 10.1. The first-order valence-corrected chi connectivity index (χ1v) is 12.4. The molecule has 4 aromatic heterocycles. The Labute approximate surface area is 175 Å². The van der Waals surface area contributed by atoms with E-state index in [1.54, 1.807) is 28.9 Å². The molecular formula is C20H22N4OS3. The van der Waals surface area contributed by atoms with Crippen LogP contribution in [0.5, 0.6) is 0 Å². The molecule has 0 aliphatic carbocycles. The van der Waals surface area contributed by atoms with Crippen LogP contribution in [0.1, 0.15) is 32.3 Å². The molecule has 0 saturated heterocycles. The van der Waals surface area contributed by atoms with Crippen molar-refractivity contribution in [1.29, 1.82) is 0 Å². The molecule has 0 fully saturated rings. The predicted octanol–water partition coefficient (Wildman–Crippen LogP) is 5.52. The van der Waals surface area contributed by atoms with Gasteiger partial charge < -0.3 is 4.57 Å². The largest absolute Gasteiger partial charge is 0.331 e. The highest BCUT2D eigenvalue weighted by molar-refractivity contribution is 7.87. The highest BCUT2D eigenvalue weighted by Crippen LogP contribution is 2.40.